The number of esters is 1. The number of methoxy groups -OCH3 is 1. The maximum absolute atomic E-state index is 10.8. The third-order valence-electron chi connectivity index (χ3n) is 2.07. The van der Waals surface area contributed by atoms with E-state index in [4.69, 9.17) is 20.3 Å². The first-order valence-electron chi connectivity index (χ1n) is 4.80. The molecular formula is C11H13NO5. The van der Waals surface area contributed by atoms with Crippen molar-refractivity contribution < 1.29 is 24.2 Å². The number of carboxylic acids is 1. The fraction of sp³-hybridized carbons (Fsp3) is 0.273. The van der Waals surface area contributed by atoms with E-state index in [2.05, 4.69) is 0 Å². The predicted octanol–water partition coefficient (Wildman–Crippen LogP) is 0.705. The number of nitrogens with two attached hydrogens (primary N) is 1. The summed E-state index contributed by atoms with van der Waals surface area (Å²) in [5, 5.41) is 8.76. The van der Waals surface area contributed by atoms with Gasteiger partial charge >= 0.3 is 11.9 Å². The molecule has 0 aliphatic carbocycles. The molecular weight excluding hydrogens is 226 g/mol. The number of rotatable bonds is 4. The number of benzene rings is 1. The Hall–Kier alpha value is -2.08. The second-order valence-electron chi connectivity index (χ2n) is 3.32. The SMILES string of the molecule is COc1cc([C@H](N)C(=O)O)ccc1OC(C)=O. The van der Waals surface area contributed by atoms with Crippen LogP contribution in [0.1, 0.15) is 18.5 Å². The first-order chi connectivity index (χ1) is 7.95. The van der Waals surface area contributed by atoms with Crippen molar-refractivity contribution in [3.63, 3.8) is 0 Å². The Morgan fingerprint density at radius 3 is 2.47 bits per heavy atom. The van der Waals surface area contributed by atoms with Gasteiger partial charge in [-0.3, -0.25) is 9.59 Å². The van der Waals surface area contributed by atoms with Crippen molar-refractivity contribution in [2.75, 3.05) is 7.11 Å². The third-order valence-corrected chi connectivity index (χ3v) is 2.07. The minimum Gasteiger partial charge on any atom is -0.493 e. The van der Waals surface area contributed by atoms with E-state index in [1.54, 1.807) is 0 Å². The first kappa shape index (κ1) is 13.0. The molecule has 92 valence electrons. The maximum atomic E-state index is 10.8. The Balaban J connectivity index is 3.07. The zero-order valence-corrected chi connectivity index (χ0v) is 9.47. The molecule has 0 aliphatic heterocycles. The van der Waals surface area contributed by atoms with Crippen LogP contribution >= 0.6 is 0 Å². The van der Waals surface area contributed by atoms with Crippen LogP contribution in [0.4, 0.5) is 0 Å². The second kappa shape index (κ2) is 5.31. The molecule has 0 aliphatic rings. The normalized spacial score (nSPS) is 11.7. The second-order valence-corrected chi connectivity index (χ2v) is 3.32. The minimum atomic E-state index is -1.15. The van der Waals surface area contributed by atoms with E-state index in [-0.39, 0.29) is 11.5 Å². The van der Waals surface area contributed by atoms with Gasteiger partial charge in [0, 0.05) is 6.92 Å². The molecule has 1 atom stereocenters. The maximum Gasteiger partial charge on any atom is 0.325 e. The molecule has 1 aromatic rings. The van der Waals surface area contributed by atoms with Gasteiger partial charge in [0.2, 0.25) is 0 Å². The van der Waals surface area contributed by atoms with Gasteiger partial charge in [-0.2, -0.15) is 0 Å². The summed E-state index contributed by atoms with van der Waals surface area (Å²) in [6.45, 7) is 1.26. The standard InChI is InChI=1S/C11H13NO5/c1-6(13)17-8-4-3-7(5-9(8)16-2)10(12)11(14)15/h3-5,10H,12H2,1-2H3,(H,14,15)/t10-/m0/s1. The van der Waals surface area contributed by atoms with Gasteiger partial charge in [0.1, 0.15) is 6.04 Å². The molecule has 0 unspecified atom stereocenters. The predicted molar refractivity (Wildman–Crippen MR) is 58.9 cm³/mol. The van der Waals surface area contributed by atoms with E-state index in [1.807, 2.05) is 0 Å². The summed E-state index contributed by atoms with van der Waals surface area (Å²) in [7, 11) is 1.39. The highest BCUT2D eigenvalue weighted by Crippen LogP contribution is 2.29. The van der Waals surface area contributed by atoms with Crippen LogP contribution in [0.3, 0.4) is 0 Å². The molecule has 1 aromatic carbocycles. The molecule has 3 N–H and O–H groups in total. The lowest BCUT2D eigenvalue weighted by Gasteiger charge is -2.12. The van der Waals surface area contributed by atoms with Gasteiger partial charge in [-0.1, -0.05) is 6.07 Å². The molecule has 17 heavy (non-hydrogen) atoms. The summed E-state index contributed by atoms with van der Waals surface area (Å²) < 4.78 is 9.87. The fourth-order valence-corrected chi connectivity index (χ4v) is 1.26. The van der Waals surface area contributed by atoms with Crippen LogP contribution in [0.25, 0.3) is 0 Å². The average molecular weight is 239 g/mol. The largest absolute Gasteiger partial charge is 0.493 e. The Labute approximate surface area is 97.9 Å². The Kier molecular flexibility index (Phi) is 4.06. The van der Waals surface area contributed by atoms with E-state index in [0.29, 0.717) is 5.56 Å². The molecule has 0 saturated heterocycles. The van der Waals surface area contributed by atoms with Crippen molar-refractivity contribution >= 4 is 11.9 Å². The molecule has 0 spiro atoms. The van der Waals surface area contributed by atoms with Crippen molar-refractivity contribution in [3.05, 3.63) is 23.8 Å². The number of aliphatic carboxylic acids is 1. The van der Waals surface area contributed by atoms with Gasteiger partial charge in [0.25, 0.3) is 0 Å². The van der Waals surface area contributed by atoms with Crippen LogP contribution in [-0.4, -0.2) is 24.2 Å². The fourth-order valence-electron chi connectivity index (χ4n) is 1.26. The average Bonchev–Trinajstić information content (AvgIpc) is 2.27. The highest BCUT2D eigenvalue weighted by molar-refractivity contribution is 5.76. The lowest BCUT2D eigenvalue weighted by atomic mass is 10.1. The van der Waals surface area contributed by atoms with E-state index in [1.165, 1.54) is 32.2 Å². The van der Waals surface area contributed by atoms with Crippen LogP contribution in [0.5, 0.6) is 11.5 Å². The summed E-state index contributed by atoms with van der Waals surface area (Å²) in [6, 6.07) is 3.20. The lowest BCUT2D eigenvalue weighted by molar-refractivity contribution is -0.138. The molecule has 0 radical (unpaired) electrons. The molecule has 1 rings (SSSR count). The van der Waals surface area contributed by atoms with E-state index in [0.717, 1.165) is 0 Å². The number of hydrogen-bond acceptors (Lipinski definition) is 5. The zero-order valence-electron chi connectivity index (χ0n) is 9.47. The molecule has 0 heterocycles. The van der Waals surface area contributed by atoms with E-state index < -0.39 is 18.0 Å². The highest BCUT2D eigenvalue weighted by atomic mass is 16.6. The van der Waals surface area contributed by atoms with E-state index in [9.17, 15) is 9.59 Å². The smallest absolute Gasteiger partial charge is 0.325 e. The summed E-state index contributed by atoms with van der Waals surface area (Å²) >= 11 is 0. The Morgan fingerprint density at radius 1 is 1.35 bits per heavy atom. The topological polar surface area (TPSA) is 98.8 Å². The molecule has 6 heteroatoms. The lowest BCUT2D eigenvalue weighted by Crippen LogP contribution is -2.20. The first-order valence-corrected chi connectivity index (χ1v) is 4.80. The Bertz CT molecular complexity index is 443. The molecule has 6 nitrogen and oxygen atoms in total. The van der Waals surface area contributed by atoms with Gasteiger partial charge in [0.05, 0.1) is 7.11 Å². The van der Waals surface area contributed by atoms with Gasteiger partial charge in [-0.15, -0.1) is 0 Å². The number of carboxylic acid groups (broad SMARTS) is 1. The summed E-state index contributed by atoms with van der Waals surface area (Å²) in [4.78, 5) is 21.5. The summed E-state index contributed by atoms with van der Waals surface area (Å²) in [5.41, 5.74) is 5.82. The molecule has 0 bridgehead atoms. The quantitative estimate of drug-likeness (QED) is 0.593. The number of carbonyl (C=O) groups is 2. The Morgan fingerprint density at radius 2 is 2.00 bits per heavy atom. The van der Waals surface area contributed by atoms with Crippen molar-refractivity contribution in [1.29, 1.82) is 0 Å². The van der Waals surface area contributed by atoms with E-state index >= 15 is 0 Å². The van der Waals surface area contributed by atoms with Crippen LogP contribution < -0.4 is 15.2 Å². The van der Waals surface area contributed by atoms with Gasteiger partial charge in [0.15, 0.2) is 11.5 Å². The van der Waals surface area contributed by atoms with Crippen LogP contribution in [0.2, 0.25) is 0 Å². The monoisotopic (exact) mass is 239 g/mol. The highest BCUT2D eigenvalue weighted by Gasteiger charge is 2.17. The third kappa shape index (κ3) is 3.18. The van der Waals surface area contributed by atoms with Gasteiger partial charge < -0.3 is 20.3 Å². The summed E-state index contributed by atoms with van der Waals surface area (Å²) in [6.07, 6.45) is 0. The van der Waals surface area contributed by atoms with Gasteiger partial charge in [-0.25, -0.2) is 0 Å². The van der Waals surface area contributed by atoms with Crippen molar-refractivity contribution in [2.24, 2.45) is 5.73 Å². The van der Waals surface area contributed by atoms with Crippen molar-refractivity contribution in [1.82, 2.24) is 0 Å². The molecule has 0 amide bonds. The van der Waals surface area contributed by atoms with Gasteiger partial charge in [-0.05, 0) is 17.7 Å². The minimum absolute atomic E-state index is 0.223. The molecule has 0 aromatic heterocycles. The zero-order chi connectivity index (χ0) is 13.0. The van der Waals surface area contributed by atoms with Crippen LogP contribution in [-0.2, 0) is 9.59 Å². The number of ether oxygens (including phenoxy) is 2. The van der Waals surface area contributed by atoms with Crippen molar-refractivity contribution in [2.45, 2.75) is 13.0 Å². The summed E-state index contributed by atoms with van der Waals surface area (Å²) in [5.74, 6) is -1.15. The number of hydrogen-bond donors (Lipinski definition) is 2. The molecule has 0 fully saturated rings. The van der Waals surface area contributed by atoms with Crippen LogP contribution in [0.15, 0.2) is 18.2 Å². The van der Waals surface area contributed by atoms with Crippen molar-refractivity contribution in [3.8, 4) is 11.5 Å². The number of carbonyl (C=O) groups excluding carboxylic acids is 1. The van der Waals surface area contributed by atoms with Crippen LogP contribution in [0, 0.1) is 0 Å². The molecule has 0 saturated carbocycles.